The van der Waals surface area contributed by atoms with Crippen molar-refractivity contribution < 1.29 is 9.18 Å². The van der Waals surface area contributed by atoms with Crippen molar-refractivity contribution in [3.8, 4) is 11.3 Å². The molecule has 178 valence electrons. The van der Waals surface area contributed by atoms with Crippen molar-refractivity contribution in [1.29, 1.82) is 0 Å². The summed E-state index contributed by atoms with van der Waals surface area (Å²) in [5.41, 5.74) is 1.71. The fourth-order valence-corrected chi connectivity index (χ4v) is 4.30. The van der Waals surface area contributed by atoms with Gasteiger partial charge >= 0.3 is 0 Å². The summed E-state index contributed by atoms with van der Waals surface area (Å²) in [7, 11) is 2.06. The molecule has 8 nitrogen and oxygen atoms in total. The summed E-state index contributed by atoms with van der Waals surface area (Å²) in [5.74, 6) is 0.351. The number of anilines is 3. The SMILES string of the molecule is CN1CCC(C(=O)Nc2cc(Nc3cc(-c4cc(Cl)ccc4F)nc4ncccc34)ncn2)CC1. The van der Waals surface area contributed by atoms with Crippen LogP contribution in [0.15, 0.2) is 55.0 Å². The Kier molecular flexibility index (Phi) is 6.52. The monoisotopic (exact) mass is 491 g/mol. The summed E-state index contributed by atoms with van der Waals surface area (Å²) < 4.78 is 14.6. The molecule has 0 radical (unpaired) electrons. The predicted octanol–water partition coefficient (Wildman–Crippen LogP) is 4.90. The van der Waals surface area contributed by atoms with Crippen molar-refractivity contribution >= 4 is 45.9 Å². The van der Waals surface area contributed by atoms with Gasteiger partial charge in [-0.1, -0.05) is 11.6 Å². The number of carbonyl (C=O) groups is 1. The van der Waals surface area contributed by atoms with Gasteiger partial charge in [-0.05, 0) is 69.4 Å². The van der Waals surface area contributed by atoms with E-state index in [1.165, 1.54) is 24.5 Å². The van der Waals surface area contributed by atoms with Crippen molar-refractivity contribution in [1.82, 2.24) is 24.8 Å². The van der Waals surface area contributed by atoms with Crippen molar-refractivity contribution in [3.63, 3.8) is 0 Å². The van der Waals surface area contributed by atoms with Gasteiger partial charge in [0.1, 0.15) is 23.8 Å². The van der Waals surface area contributed by atoms with E-state index >= 15 is 0 Å². The van der Waals surface area contributed by atoms with E-state index in [4.69, 9.17) is 11.6 Å². The minimum absolute atomic E-state index is 0.0389. The highest BCUT2D eigenvalue weighted by molar-refractivity contribution is 6.30. The smallest absolute Gasteiger partial charge is 0.228 e. The third kappa shape index (κ3) is 5.21. The minimum atomic E-state index is -0.441. The first-order chi connectivity index (χ1) is 17.0. The molecule has 1 saturated heterocycles. The highest BCUT2D eigenvalue weighted by Crippen LogP contribution is 2.32. The summed E-state index contributed by atoms with van der Waals surface area (Å²) in [6, 6.07) is 11.4. The Hall–Kier alpha value is -3.69. The zero-order chi connectivity index (χ0) is 24.4. The van der Waals surface area contributed by atoms with Gasteiger partial charge in [0, 0.05) is 34.2 Å². The second-order valence-corrected chi connectivity index (χ2v) is 8.97. The molecule has 0 bridgehead atoms. The number of hydrogen-bond acceptors (Lipinski definition) is 7. The van der Waals surface area contributed by atoms with Crippen LogP contribution in [0.5, 0.6) is 0 Å². The topological polar surface area (TPSA) is 95.9 Å². The third-order valence-electron chi connectivity index (χ3n) is 6.06. The van der Waals surface area contributed by atoms with Gasteiger partial charge in [0.25, 0.3) is 0 Å². The largest absolute Gasteiger partial charge is 0.339 e. The maximum atomic E-state index is 14.6. The first kappa shape index (κ1) is 23.1. The second kappa shape index (κ2) is 9.89. The molecule has 0 atom stereocenters. The molecule has 1 amide bonds. The Morgan fingerprint density at radius 1 is 1.09 bits per heavy atom. The van der Waals surface area contributed by atoms with Crippen LogP contribution >= 0.6 is 11.6 Å². The van der Waals surface area contributed by atoms with Crippen LogP contribution in [0.2, 0.25) is 5.02 Å². The summed E-state index contributed by atoms with van der Waals surface area (Å²) in [5, 5.41) is 7.28. The standard InChI is InChI=1S/C25H23ClFN7O/c1-34-9-6-15(7-10-34)25(35)33-23-13-22(29-14-30-23)31-20-12-21(18-11-16(26)4-5-19(18)27)32-24-17(20)3-2-8-28-24/h2-5,8,11-15H,6-7,9-10H2,1H3,(H2,28,29,30,31,32,33,35). The number of piperidine rings is 1. The molecule has 1 fully saturated rings. The molecule has 0 unspecified atom stereocenters. The van der Waals surface area contributed by atoms with E-state index in [0.717, 1.165) is 31.3 Å². The summed E-state index contributed by atoms with van der Waals surface area (Å²) in [6.07, 6.45) is 4.64. The van der Waals surface area contributed by atoms with Gasteiger partial charge in [0.15, 0.2) is 5.65 Å². The number of likely N-dealkylation sites (tertiary alicyclic amines) is 1. The number of halogens is 2. The summed E-state index contributed by atoms with van der Waals surface area (Å²) in [6.45, 7) is 1.79. The average Bonchev–Trinajstić information content (AvgIpc) is 2.86. The van der Waals surface area contributed by atoms with E-state index in [9.17, 15) is 9.18 Å². The Morgan fingerprint density at radius 3 is 2.71 bits per heavy atom. The minimum Gasteiger partial charge on any atom is -0.339 e. The first-order valence-electron chi connectivity index (χ1n) is 11.3. The van der Waals surface area contributed by atoms with E-state index in [-0.39, 0.29) is 17.4 Å². The molecule has 1 aliphatic rings. The van der Waals surface area contributed by atoms with Gasteiger partial charge in [-0.15, -0.1) is 0 Å². The number of nitrogens with one attached hydrogen (secondary N) is 2. The van der Waals surface area contributed by atoms with Crippen LogP contribution in [0.25, 0.3) is 22.3 Å². The normalized spacial score (nSPS) is 14.7. The molecule has 3 aromatic heterocycles. The van der Waals surface area contributed by atoms with Gasteiger partial charge in [0.05, 0.1) is 11.4 Å². The van der Waals surface area contributed by atoms with Gasteiger partial charge in [-0.2, -0.15) is 0 Å². The van der Waals surface area contributed by atoms with E-state index in [1.807, 2.05) is 6.07 Å². The number of benzene rings is 1. The van der Waals surface area contributed by atoms with E-state index in [2.05, 4.69) is 42.5 Å². The van der Waals surface area contributed by atoms with Gasteiger partial charge in [0.2, 0.25) is 5.91 Å². The van der Waals surface area contributed by atoms with Crippen LogP contribution in [0.3, 0.4) is 0 Å². The lowest BCUT2D eigenvalue weighted by Crippen LogP contribution is -2.36. The molecule has 1 aliphatic heterocycles. The fourth-order valence-electron chi connectivity index (χ4n) is 4.12. The molecular formula is C25H23ClFN7O. The maximum Gasteiger partial charge on any atom is 0.228 e. The number of aromatic nitrogens is 4. The van der Waals surface area contributed by atoms with Crippen LogP contribution in [0.4, 0.5) is 21.7 Å². The molecule has 35 heavy (non-hydrogen) atoms. The highest BCUT2D eigenvalue weighted by Gasteiger charge is 2.23. The summed E-state index contributed by atoms with van der Waals surface area (Å²) in [4.78, 5) is 32.3. The second-order valence-electron chi connectivity index (χ2n) is 8.53. The van der Waals surface area contributed by atoms with E-state index in [1.54, 1.807) is 24.4 Å². The summed E-state index contributed by atoms with van der Waals surface area (Å²) >= 11 is 6.10. The van der Waals surface area contributed by atoms with Gasteiger partial charge < -0.3 is 15.5 Å². The van der Waals surface area contributed by atoms with Crippen LogP contribution in [0.1, 0.15) is 12.8 Å². The van der Waals surface area contributed by atoms with Crippen LogP contribution < -0.4 is 10.6 Å². The average molecular weight is 492 g/mol. The number of hydrogen-bond donors (Lipinski definition) is 2. The number of pyridine rings is 2. The molecule has 4 aromatic rings. The predicted molar refractivity (Wildman–Crippen MR) is 134 cm³/mol. The molecule has 5 rings (SSSR count). The number of carbonyl (C=O) groups excluding carboxylic acids is 1. The van der Waals surface area contributed by atoms with Crippen LogP contribution in [0, 0.1) is 11.7 Å². The molecule has 10 heteroatoms. The lowest BCUT2D eigenvalue weighted by molar-refractivity contribution is -0.121. The molecule has 0 spiro atoms. The Bertz CT molecular complexity index is 1390. The third-order valence-corrected chi connectivity index (χ3v) is 6.29. The molecule has 1 aromatic carbocycles. The lowest BCUT2D eigenvalue weighted by Gasteiger charge is -2.27. The first-order valence-corrected chi connectivity index (χ1v) is 11.6. The Labute approximate surface area is 206 Å². The molecular weight excluding hydrogens is 469 g/mol. The Morgan fingerprint density at radius 2 is 1.89 bits per heavy atom. The van der Waals surface area contributed by atoms with Crippen LogP contribution in [-0.2, 0) is 4.79 Å². The van der Waals surface area contributed by atoms with E-state index in [0.29, 0.717) is 33.7 Å². The highest BCUT2D eigenvalue weighted by atomic mass is 35.5. The molecule has 2 N–H and O–H groups in total. The zero-order valence-corrected chi connectivity index (χ0v) is 19.8. The molecule has 4 heterocycles. The van der Waals surface area contributed by atoms with Gasteiger partial charge in [-0.3, -0.25) is 4.79 Å². The number of rotatable bonds is 5. The molecule has 0 aliphatic carbocycles. The maximum absolute atomic E-state index is 14.6. The van der Waals surface area contributed by atoms with Crippen molar-refractivity contribution in [2.75, 3.05) is 30.8 Å². The van der Waals surface area contributed by atoms with Gasteiger partial charge in [-0.25, -0.2) is 24.3 Å². The number of nitrogens with zero attached hydrogens (tertiary/aromatic N) is 5. The zero-order valence-electron chi connectivity index (χ0n) is 19.0. The fraction of sp³-hybridized carbons (Fsp3) is 0.240. The van der Waals surface area contributed by atoms with Crippen molar-refractivity contribution in [2.24, 2.45) is 5.92 Å². The van der Waals surface area contributed by atoms with Crippen molar-refractivity contribution in [3.05, 3.63) is 65.8 Å². The lowest BCUT2D eigenvalue weighted by atomic mass is 9.96. The van der Waals surface area contributed by atoms with Crippen LogP contribution in [-0.4, -0.2) is 50.9 Å². The number of fused-ring (bicyclic) bond motifs is 1. The van der Waals surface area contributed by atoms with E-state index < -0.39 is 5.82 Å². The Balaban J connectivity index is 1.43. The van der Waals surface area contributed by atoms with Crippen molar-refractivity contribution in [2.45, 2.75) is 12.8 Å². The molecule has 0 saturated carbocycles. The number of amides is 1. The quantitative estimate of drug-likeness (QED) is 0.409.